The summed E-state index contributed by atoms with van der Waals surface area (Å²) in [4.78, 5) is 16.3. The van der Waals surface area contributed by atoms with Gasteiger partial charge in [0.05, 0.1) is 25.7 Å². The van der Waals surface area contributed by atoms with Gasteiger partial charge in [-0.15, -0.1) is 0 Å². The van der Waals surface area contributed by atoms with Gasteiger partial charge in [0.2, 0.25) is 17.6 Å². The van der Waals surface area contributed by atoms with Crippen LogP contribution in [0.1, 0.15) is 18.7 Å². The zero-order valence-corrected chi connectivity index (χ0v) is 15.9. The Bertz CT molecular complexity index is 925. The highest BCUT2D eigenvalue weighted by Crippen LogP contribution is 2.31. The minimum Gasteiger partial charge on any atom is -0.493 e. The second-order valence-corrected chi connectivity index (χ2v) is 8.48. The number of carbonyl (C=O) groups is 1. The number of nitrogens with zero attached hydrogens (tertiary/aromatic N) is 2. The number of nitrogens with one attached hydrogen (secondary N) is 1. The SMILES string of the molecule is COc1ccc(-c2noc(CCC(=O)N[C@@H]3CCS(=O)(=O)C3)n2)cc1OC. The molecule has 1 aromatic heterocycles. The number of aryl methyl sites for hydroxylation is 1. The highest BCUT2D eigenvalue weighted by molar-refractivity contribution is 7.91. The average Bonchev–Trinajstić information content (AvgIpc) is 3.25. The first-order valence-corrected chi connectivity index (χ1v) is 10.3. The molecule has 10 heteroatoms. The van der Waals surface area contributed by atoms with Gasteiger partial charge in [-0.2, -0.15) is 4.98 Å². The molecule has 0 bridgehead atoms. The summed E-state index contributed by atoms with van der Waals surface area (Å²) in [6.45, 7) is 0. The van der Waals surface area contributed by atoms with Crippen molar-refractivity contribution in [1.29, 1.82) is 0 Å². The Morgan fingerprint density at radius 2 is 2.07 bits per heavy atom. The fraction of sp³-hybridized carbons (Fsp3) is 0.471. The lowest BCUT2D eigenvalue weighted by molar-refractivity contribution is -0.121. The maximum Gasteiger partial charge on any atom is 0.227 e. The van der Waals surface area contributed by atoms with E-state index in [1.54, 1.807) is 25.3 Å². The van der Waals surface area contributed by atoms with Crippen molar-refractivity contribution in [1.82, 2.24) is 15.5 Å². The van der Waals surface area contributed by atoms with E-state index in [1.165, 1.54) is 7.11 Å². The molecule has 0 saturated carbocycles. The molecular formula is C17H21N3O6S. The summed E-state index contributed by atoms with van der Waals surface area (Å²) in [5.74, 6) is 1.74. The van der Waals surface area contributed by atoms with Crippen molar-refractivity contribution in [2.24, 2.45) is 0 Å². The average molecular weight is 395 g/mol. The minimum absolute atomic E-state index is 0.00273. The molecule has 1 saturated heterocycles. The van der Waals surface area contributed by atoms with E-state index >= 15 is 0 Å². The molecule has 146 valence electrons. The van der Waals surface area contributed by atoms with Crippen LogP contribution in [0.4, 0.5) is 0 Å². The number of hydrogen-bond acceptors (Lipinski definition) is 8. The molecule has 1 aromatic carbocycles. The molecule has 0 unspecified atom stereocenters. The zero-order valence-electron chi connectivity index (χ0n) is 15.1. The van der Waals surface area contributed by atoms with Crippen molar-refractivity contribution in [3.05, 3.63) is 24.1 Å². The number of rotatable bonds is 7. The van der Waals surface area contributed by atoms with Gasteiger partial charge in [0.15, 0.2) is 21.3 Å². The summed E-state index contributed by atoms with van der Waals surface area (Å²) in [5, 5.41) is 6.66. The normalized spacial score (nSPS) is 18.2. The van der Waals surface area contributed by atoms with Crippen molar-refractivity contribution >= 4 is 15.7 Å². The third-order valence-electron chi connectivity index (χ3n) is 4.27. The Kier molecular flexibility index (Phi) is 5.64. The molecule has 0 aliphatic carbocycles. The second kappa shape index (κ2) is 7.95. The molecule has 1 aliphatic heterocycles. The van der Waals surface area contributed by atoms with Gasteiger partial charge in [0.1, 0.15) is 0 Å². The van der Waals surface area contributed by atoms with Gasteiger partial charge in [-0.3, -0.25) is 4.79 Å². The van der Waals surface area contributed by atoms with Crippen LogP contribution in [0, 0.1) is 0 Å². The quantitative estimate of drug-likeness (QED) is 0.737. The highest BCUT2D eigenvalue weighted by Gasteiger charge is 2.28. The van der Waals surface area contributed by atoms with E-state index < -0.39 is 9.84 Å². The van der Waals surface area contributed by atoms with Crippen molar-refractivity contribution in [3.8, 4) is 22.9 Å². The van der Waals surface area contributed by atoms with Crippen molar-refractivity contribution < 1.29 is 27.2 Å². The summed E-state index contributed by atoms with van der Waals surface area (Å²) in [7, 11) is 0.0697. The van der Waals surface area contributed by atoms with Gasteiger partial charge in [0.25, 0.3) is 0 Å². The second-order valence-electron chi connectivity index (χ2n) is 6.25. The summed E-state index contributed by atoms with van der Waals surface area (Å²) < 4.78 is 38.5. The Morgan fingerprint density at radius 3 is 2.74 bits per heavy atom. The van der Waals surface area contributed by atoms with Crippen LogP contribution in [-0.4, -0.2) is 56.2 Å². The fourth-order valence-electron chi connectivity index (χ4n) is 2.88. The molecule has 9 nitrogen and oxygen atoms in total. The lowest BCUT2D eigenvalue weighted by Crippen LogP contribution is -2.35. The molecule has 1 amide bonds. The van der Waals surface area contributed by atoms with Gasteiger partial charge >= 0.3 is 0 Å². The lowest BCUT2D eigenvalue weighted by Gasteiger charge is -2.09. The Morgan fingerprint density at radius 1 is 1.30 bits per heavy atom. The summed E-state index contributed by atoms with van der Waals surface area (Å²) >= 11 is 0. The Hall–Kier alpha value is -2.62. The fourth-order valence-corrected chi connectivity index (χ4v) is 4.55. The van der Waals surface area contributed by atoms with E-state index in [9.17, 15) is 13.2 Å². The molecule has 1 fully saturated rings. The van der Waals surface area contributed by atoms with Crippen LogP contribution in [0.2, 0.25) is 0 Å². The van der Waals surface area contributed by atoms with E-state index in [-0.39, 0.29) is 36.3 Å². The van der Waals surface area contributed by atoms with Crippen LogP contribution < -0.4 is 14.8 Å². The molecule has 1 N–H and O–H groups in total. The van der Waals surface area contributed by atoms with E-state index in [4.69, 9.17) is 14.0 Å². The number of aromatic nitrogens is 2. The molecule has 1 aliphatic rings. The maximum atomic E-state index is 12.0. The van der Waals surface area contributed by atoms with E-state index in [0.717, 1.165) is 0 Å². The highest BCUT2D eigenvalue weighted by atomic mass is 32.2. The van der Waals surface area contributed by atoms with Crippen LogP contribution in [0.5, 0.6) is 11.5 Å². The van der Waals surface area contributed by atoms with E-state index in [0.29, 0.717) is 35.2 Å². The Labute approximate surface area is 157 Å². The maximum absolute atomic E-state index is 12.0. The molecule has 0 radical (unpaired) electrons. The first kappa shape index (κ1) is 19.2. The third-order valence-corrected chi connectivity index (χ3v) is 6.04. The van der Waals surface area contributed by atoms with Crippen LogP contribution >= 0.6 is 0 Å². The number of ether oxygens (including phenoxy) is 2. The number of hydrogen-bond donors (Lipinski definition) is 1. The predicted molar refractivity (Wildman–Crippen MR) is 96.4 cm³/mol. The number of benzene rings is 1. The number of methoxy groups -OCH3 is 2. The third kappa shape index (κ3) is 4.76. The van der Waals surface area contributed by atoms with Crippen LogP contribution in [0.15, 0.2) is 22.7 Å². The van der Waals surface area contributed by atoms with Gasteiger partial charge in [0, 0.05) is 24.4 Å². The minimum atomic E-state index is -3.02. The van der Waals surface area contributed by atoms with Gasteiger partial charge in [-0.05, 0) is 24.6 Å². The topological polar surface area (TPSA) is 121 Å². The smallest absolute Gasteiger partial charge is 0.227 e. The van der Waals surface area contributed by atoms with Crippen molar-refractivity contribution in [2.75, 3.05) is 25.7 Å². The summed E-state index contributed by atoms with van der Waals surface area (Å²) in [6, 6.07) is 4.95. The van der Waals surface area contributed by atoms with Gasteiger partial charge in [-0.1, -0.05) is 5.16 Å². The molecule has 0 spiro atoms. The standard InChI is InChI=1S/C17H21N3O6S/c1-24-13-4-3-11(9-14(13)25-2)17-19-16(26-20-17)6-5-15(21)18-12-7-8-27(22,23)10-12/h3-4,9,12H,5-8,10H2,1-2H3,(H,18,21)/t12-/m1/s1. The first-order chi connectivity index (χ1) is 12.9. The number of amides is 1. The monoisotopic (exact) mass is 395 g/mol. The largest absolute Gasteiger partial charge is 0.493 e. The van der Waals surface area contributed by atoms with E-state index in [1.807, 2.05) is 0 Å². The number of sulfone groups is 1. The van der Waals surface area contributed by atoms with Crippen LogP contribution in [-0.2, 0) is 21.1 Å². The predicted octanol–water partition coefficient (Wildman–Crippen LogP) is 0.990. The van der Waals surface area contributed by atoms with Gasteiger partial charge < -0.3 is 19.3 Å². The summed E-state index contributed by atoms with van der Waals surface area (Å²) in [6.07, 6.45) is 0.869. The van der Waals surface area contributed by atoms with Crippen molar-refractivity contribution in [3.63, 3.8) is 0 Å². The molecule has 2 aromatic rings. The van der Waals surface area contributed by atoms with E-state index in [2.05, 4.69) is 15.5 Å². The number of carbonyl (C=O) groups excluding carboxylic acids is 1. The molecule has 27 heavy (non-hydrogen) atoms. The van der Waals surface area contributed by atoms with Crippen LogP contribution in [0.3, 0.4) is 0 Å². The zero-order chi connectivity index (χ0) is 19.4. The molecule has 3 rings (SSSR count). The molecule has 1 atom stereocenters. The molecular weight excluding hydrogens is 374 g/mol. The first-order valence-electron chi connectivity index (χ1n) is 8.45. The van der Waals surface area contributed by atoms with Gasteiger partial charge in [-0.25, -0.2) is 8.42 Å². The molecule has 2 heterocycles. The Balaban J connectivity index is 1.57. The lowest BCUT2D eigenvalue weighted by atomic mass is 10.2. The van der Waals surface area contributed by atoms with Crippen LogP contribution in [0.25, 0.3) is 11.4 Å². The summed E-state index contributed by atoms with van der Waals surface area (Å²) in [5.41, 5.74) is 0.697. The van der Waals surface area contributed by atoms with Crippen molar-refractivity contribution in [2.45, 2.75) is 25.3 Å².